The molecule has 0 radical (unpaired) electrons. The van der Waals surface area contributed by atoms with Gasteiger partial charge in [0.1, 0.15) is 0 Å². The number of benzene rings is 1. The van der Waals surface area contributed by atoms with Crippen molar-refractivity contribution in [2.45, 2.75) is 70.5 Å². The molecular formula is C28H42N6O3S. The molecule has 208 valence electrons. The van der Waals surface area contributed by atoms with E-state index in [0.29, 0.717) is 51.9 Å². The summed E-state index contributed by atoms with van der Waals surface area (Å²) in [5, 5.41) is 4.31. The van der Waals surface area contributed by atoms with Gasteiger partial charge in [-0.05, 0) is 76.7 Å². The number of aromatic nitrogens is 2. The fourth-order valence-electron chi connectivity index (χ4n) is 6.14. The first-order chi connectivity index (χ1) is 18.3. The highest BCUT2D eigenvalue weighted by molar-refractivity contribution is 7.89. The summed E-state index contributed by atoms with van der Waals surface area (Å²) in [7, 11) is -3.90. The molecule has 0 spiro atoms. The first kappa shape index (κ1) is 27.1. The average molecular weight is 543 g/mol. The second kappa shape index (κ2) is 11.4. The molecule has 3 aliphatic heterocycles. The molecule has 10 heteroatoms. The van der Waals surface area contributed by atoms with Crippen LogP contribution in [0.4, 0.5) is 5.69 Å². The zero-order valence-corrected chi connectivity index (χ0v) is 23.9. The highest BCUT2D eigenvalue weighted by atomic mass is 32.2. The van der Waals surface area contributed by atoms with E-state index in [1.165, 1.54) is 34.7 Å². The number of carbonyl (C=O) groups is 1. The van der Waals surface area contributed by atoms with Gasteiger partial charge in [0.25, 0.3) is 15.9 Å². The highest BCUT2D eigenvalue weighted by Crippen LogP contribution is 2.27. The summed E-state index contributed by atoms with van der Waals surface area (Å²) in [6, 6.07) is 6.89. The van der Waals surface area contributed by atoms with E-state index in [4.69, 9.17) is 0 Å². The summed E-state index contributed by atoms with van der Waals surface area (Å²) in [6.45, 7) is 12.1. The van der Waals surface area contributed by atoms with Crippen LogP contribution >= 0.6 is 0 Å². The van der Waals surface area contributed by atoms with E-state index in [0.717, 1.165) is 31.6 Å². The molecule has 9 nitrogen and oxygen atoms in total. The molecule has 0 atom stereocenters. The zero-order chi connectivity index (χ0) is 26.9. The molecule has 1 aromatic carbocycles. The Balaban J connectivity index is 1.29. The fourth-order valence-corrected chi connectivity index (χ4v) is 7.66. The standard InChI is InChI=1S/C28H42N6O3S/c1-4-33-21-25(28(35)32-14-10-24(11-15-32)30-12-6-5-7-13-30)27(29-33)38(36,37)34-18-16-31(17-19-34)26-20-22(2)8-9-23(26)3/h8-9,20-21,24H,4-7,10-19H2,1-3H3. The maximum absolute atomic E-state index is 13.8. The second-order valence-corrected chi connectivity index (χ2v) is 12.9. The maximum Gasteiger partial charge on any atom is 0.263 e. The van der Waals surface area contributed by atoms with Crippen molar-refractivity contribution in [3.8, 4) is 0 Å². The summed E-state index contributed by atoms with van der Waals surface area (Å²) in [5.74, 6) is -0.214. The van der Waals surface area contributed by atoms with Gasteiger partial charge in [0.15, 0.2) is 0 Å². The zero-order valence-electron chi connectivity index (χ0n) is 23.1. The molecule has 0 bridgehead atoms. The normalized spacial score (nSPS) is 20.7. The minimum absolute atomic E-state index is 0.0947. The monoisotopic (exact) mass is 542 g/mol. The van der Waals surface area contributed by atoms with E-state index in [2.05, 4.69) is 46.9 Å². The third-order valence-electron chi connectivity index (χ3n) is 8.47. The van der Waals surface area contributed by atoms with Crippen LogP contribution < -0.4 is 4.90 Å². The molecule has 5 rings (SSSR count). The Bertz CT molecular complexity index is 1240. The van der Waals surface area contributed by atoms with Gasteiger partial charge in [0.05, 0.1) is 5.56 Å². The lowest BCUT2D eigenvalue weighted by molar-refractivity contribution is 0.0586. The molecule has 4 heterocycles. The smallest absolute Gasteiger partial charge is 0.263 e. The van der Waals surface area contributed by atoms with Crippen LogP contribution in [0.2, 0.25) is 0 Å². The molecule has 1 aromatic heterocycles. The van der Waals surface area contributed by atoms with E-state index >= 15 is 0 Å². The van der Waals surface area contributed by atoms with E-state index in [1.807, 2.05) is 11.8 Å². The van der Waals surface area contributed by atoms with Gasteiger partial charge >= 0.3 is 0 Å². The summed E-state index contributed by atoms with van der Waals surface area (Å²) in [4.78, 5) is 20.3. The quantitative estimate of drug-likeness (QED) is 0.558. The first-order valence-electron chi connectivity index (χ1n) is 14.2. The number of rotatable bonds is 6. The van der Waals surface area contributed by atoms with Gasteiger partial charge in [-0.3, -0.25) is 9.48 Å². The van der Waals surface area contributed by atoms with Gasteiger partial charge in [-0.1, -0.05) is 18.6 Å². The molecule has 2 aromatic rings. The number of sulfonamides is 1. The van der Waals surface area contributed by atoms with Crippen LogP contribution in [0.5, 0.6) is 0 Å². The maximum atomic E-state index is 13.8. The summed E-state index contributed by atoms with van der Waals surface area (Å²) < 4.78 is 30.7. The molecule has 3 aliphatic rings. The Hall–Kier alpha value is -2.43. The second-order valence-electron chi connectivity index (χ2n) is 11.0. The minimum Gasteiger partial charge on any atom is -0.369 e. The molecule has 3 fully saturated rings. The van der Waals surface area contributed by atoms with Crippen molar-refractivity contribution < 1.29 is 13.2 Å². The number of aryl methyl sites for hydroxylation is 3. The SMILES string of the molecule is CCn1cc(C(=O)N2CCC(N3CCCCC3)CC2)c(S(=O)(=O)N2CCN(c3cc(C)ccc3C)CC2)n1. The lowest BCUT2D eigenvalue weighted by atomic mass is 9.99. The van der Waals surface area contributed by atoms with Gasteiger partial charge in [-0.2, -0.15) is 9.40 Å². The Kier molecular flexibility index (Phi) is 8.11. The number of hydrogen-bond acceptors (Lipinski definition) is 6. The van der Waals surface area contributed by atoms with Crippen LogP contribution in [0.15, 0.2) is 29.4 Å². The van der Waals surface area contributed by atoms with Crippen LogP contribution in [-0.2, 0) is 16.6 Å². The van der Waals surface area contributed by atoms with Gasteiger partial charge in [-0.25, -0.2) is 8.42 Å². The molecule has 1 amide bonds. The van der Waals surface area contributed by atoms with Gasteiger partial charge in [0, 0.05) is 63.7 Å². The third-order valence-corrected chi connectivity index (χ3v) is 10.3. The average Bonchev–Trinajstić information content (AvgIpc) is 3.40. The van der Waals surface area contributed by atoms with Crippen LogP contribution in [-0.4, -0.2) is 96.6 Å². The van der Waals surface area contributed by atoms with Crippen molar-refractivity contribution in [3.63, 3.8) is 0 Å². The lowest BCUT2D eigenvalue weighted by Crippen LogP contribution is -2.50. The van der Waals surface area contributed by atoms with Gasteiger partial charge < -0.3 is 14.7 Å². The number of carbonyl (C=O) groups excluding carboxylic acids is 1. The number of piperidine rings is 2. The first-order valence-corrected chi connectivity index (χ1v) is 15.6. The molecule has 3 saturated heterocycles. The molecular weight excluding hydrogens is 500 g/mol. The summed E-state index contributed by atoms with van der Waals surface area (Å²) >= 11 is 0. The fraction of sp³-hybridized carbons (Fsp3) is 0.643. The third kappa shape index (κ3) is 5.49. The molecule has 38 heavy (non-hydrogen) atoms. The Labute approximate surface area is 227 Å². The van der Waals surface area contributed by atoms with E-state index < -0.39 is 10.0 Å². The largest absolute Gasteiger partial charge is 0.369 e. The minimum atomic E-state index is -3.90. The number of nitrogens with zero attached hydrogens (tertiary/aromatic N) is 6. The number of likely N-dealkylation sites (tertiary alicyclic amines) is 2. The predicted molar refractivity (Wildman–Crippen MR) is 149 cm³/mol. The molecule has 0 aliphatic carbocycles. The van der Waals surface area contributed by atoms with Gasteiger partial charge in [0.2, 0.25) is 5.03 Å². The Morgan fingerprint density at radius 1 is 0.947 bits per heavy atom. The van der Waals surface area contributed by atoms with E-state index in [1.54, 1.807) is 10.9 Å². The number of amides is 1. The van der Waals surface area contributed by atoms with Crippen molar-refractivity contribution in [1.29, 1.82) is 0 Å². The molecule has 0 saturated carbocycles. The van der Waals surface area contributed by atoms with Crippen molar-refractivity contribution in [2.24, 2.45) is 0 Å². The summed E-state index contributed by atoms with van der Waals surface area (Å²) in [6.07, 6.45) is 7.34. The molecule has 0 N–H and O–H groups in total. The van der Waals surface area contributed by atoms with Crippen molar-refractivity contribution in [3.05, 3.63) is 41.1 Å². The highest BCUT2D eigenvalue weighted by Gasteiger charge is 2.37. The predicted octanol–water partition coefficient (Wildman–Crippen LogP) is 3.12. The Morgan fingerprint density at radius 3 is 2.29 bits per heavy atom. The van der Waals surface area contributed by atoms with E-state index in [-0.39, 0.29) is 16.5 Å². The number of anilines is 1. The van der Waals surface area contributed by atoms with Gasteiger partial charge in [-0.15, -0.1) is 0 Å². The van der Waals surface area contributed by atoms with Crippen LogP contribution in [0, 0.1) is 13.8 Å². The van der Waals surface area contributed by atoms with Crippen molar-refractivity contribution in [2.75, 3.05) is 57.3 Å². The van der Waals surface area contributed by atoms with E-state index in [9.17, 15) is 13.2 Å². The van der Waals surface area contributed by atoms with Crippen LogP contribution in [0.1, 0.15) is 60.5 Å². The van der Waals surface area contributed by atoms with Crippen LogP contribution in [0.3, 0.4) is 0 Å². The van der Waals surface area contributed by atoms with Crippen molar-refractivity contribution >= 4 is 21.6 Å². The van der Waals surface area contributed by atoms with Crippen molar-refractivity contribution in [1.82, 2.24) is 23.9 Å². The summed E-state index contributed by atoms with van der Waals surface area (Å²) in [5.41, 5.74) is 3.74. The Morgan fingerprint density at radius 2 is 1.63 bits per heavy atom. The van der Waals surface area contributed by atoms with Crippen LogP contribution in [0.25, 0.3) is 0 Å². The number of hydrogen-bond donors (Lipinski definition) is 0. The molecule has 0 unspecified atom stereocenters. The number of piperazine rings is 1. The topological polar surface area (TPSA) is 82.0 Å². The lowest BCUT2D eigenvalue weighted by Gasteiger charge is -2.40.